The van der Waals surface area contributed by atoms with Crippen LogP contribution in [0.2, 0.25) is 0 Å². The summed E-state index contributed by atoms with van der Waals surface area (Å²) >= 11 is 1.28. The maximum absolute atomic E-state index is 12.1. The standard InChI is InChI=1S/C14H20N2O4S/c1-7-8(2)21-12(11(7)13(17)18)16-14(19)15-9-5-4-6-10(9)20-3/h9-10H,4-6H2,1-3H3,(H,17,18)(H2,15,16,19). The summed E-state index contributed by atoms with van der Waals surface area (Å²) in [5.41, 5.74) is 0.862. The molecule has 1 saturated carbocycles. The average molecular weight is 312 g/mol. The van der Waals surface area contributed by atoms with Gasteiger partial charge in [0.1, 0.15) is 5.00 Å². The Hall–Kier alpha value is -1.60. The number of hydrogen-bond acceptors (Lipinski definition) is 4. The number of carboxylic acid groups (broad SMARTS) is 1. The monoisotopic (exact) mass is 312 g/mol. The molecule has 0 radical (unpaired) electrons. The van der Waals surface area contributed by atoms with Gasteiger partial charge in [-0.1, -0.05) is 0 Å². The van der Waals surface area contributed by atoms with E-state index in [4.69, 9.17) is 4.74 Å². The second-order valence-corrected chi connectivity index (χ2v) is 6.43. The Kier molecular flexibility index (Phi) is 4.84. The topological polar surface area (TPSA) is 87.7 Å². The van der Waals surface area contributed by atoms with Gasteiger partial charge in [-0.15, -0.1) is 11.3 Å². The summed E-state index contributed by atoms with van der Waals surface area (Å²) in [5, 5.41) is 15.1. The zero-order chi connectivity index (χ0) is 15.6. The molecule has 0 aromatic carbocycles. The lowest BCUT2D eigenvalue weighted by molar-refractivity contribution is 0.0697. The predicted molar refractivity (Wildman–Crippen MR) is 81.3 cm³/mol. The summed E-state index contributed by atoms with van der Waals surface area (Å²) in [6.07, 6.45) is 2.85. The highest BCUT2D eigenvalue weighted by Gasteiger charge is 2.29. The molecule has 1 fully saturated rings. The molecule has 2 atom stereocenters. The molecule has 6 nitrogen and oxygen atoms in total. The van der Waals surface area contributed by atoms with E-state index >= 15 is 0 Å². The smallest absolute Gasteiger partial charge is 0.338 e. The fourth-order valence-corrected chi connectivity index (χ4v) is 3.70. The van der Waals surface area contributed by atoms with Crippen LogP contribution in [0.5, 0.6) is 0 Å². The van der Waals surface area contributed by atoms with E-state index in [0.717, 1.165) is 24.1 Å². The molecule has 2 unspecified atom stereocenters. The van der Waals surface area contributed by atoms with Crippen LogP contribution in [0.3, 0.4) is 0 Å². The molecule has 1 aliphatic carbocycles. The van der Waals surface area contributed by atoms with E-state index in [1.807, 2.05) is 6.92 Å². The van der Waals surface area contributed by atoms with Crippen molar-refractivity contribution in [2.24, 2.45) is 0 Å². The first-order valence-corrected chi connectivity index (χ1v) is 7.69. The Labute approximate surface area is 127 Å². The van der Waals surface area contributed by atoms with Crippen molar-refractivity contribution in [3.63, 3.8) is 0 Å². The van der Waals surface area contributed by atoms with Gasteiger partial charge in [-0.2, -0.15) is 0 Å². The third-order valence-electron chi connectivity index (χ3n) is 3.90. The van der Waals surface area contributed by atoms with Crippen molar-refractivity contribution in [2.75, 3.05) is 12.4 Å². The lowest BCUT2D eigenvalue weighted by atomic mass is 10.1. The SMILES string of the molecule is COC1CCCC1NC(=O)Nc1sc(C)c(C)c1C(=O)O. The Morgan fingerprint density at radius 2 is 2.05 bits per heavy atom. The van der Waals surface area contributed by atoms with Gasteiger partial charge in [-0.25, -0.2) is 9.59 Å². The molecule has 2 rings (SSSR count). The highest BCUT2D eigenvalue weighted by molar-refractivity contribution is 7.16. The van der Waals surface area contributed by atoms with Gasteiger partial charge in [-0.3, -0.25) is 5.32 Å². The number of ether oxygens (including phenoxy) is 1. The van der Waals surface area contributed by atoms with E-state index in [1.54, 1.807) is 14.0 Å². The number of urea groups is 1. The summed E-state index contributed by atoms with van der Waals surface area (Å²) in [5.74, 6) is -1.03. The molecule has 7 heteroatoms. The molecule has 3 N–H and O–H groups in total. The van der Waals surface area contributed by atoms with Crippen LogP contribution < -0.4 is 10.6 Å². The van der Waals surface area contributed by atoms with Gasteiger partial charge in [0.05, 0.1) is 17.7 Å². The normalized spacial score (nSPS) is 21.3. The van der Waals surface area contributed by atoms with Crippen molar-refractivity contribution in [3.05, 3.63) is 16.0 Å². The molecule has 0 saturated heterocycles. The summed E-state index contributed by atoms with van der Waals surface area (Å²) in [4.78, 5) is 24.2. The van der Waals surface area contributed by atoms with Crippen molar-refractivity contribution in [3.8, 4) is 0 Å². The van der Waals surface area contributed by atoms with Crippen LogP contribution in [0.4, 0.5) is 9.80 Å². The summed E-state index contributed by atoms with van der Waals surface area (Å²) in [6, 6.07) is -0.405. The molecular weight excluding hydrogens is 292 g/mol. The van der Waals surface area contributed by atoms with Gasteiger partial charge >= 0.3 is 12.0 Å². The molecule has 21 heavy (non-hydrogen) atoms. The minimum atomic E-state index is -1.03. The van der Waals surface area contributed by atoms with Crippen molar-refractivity contribution >= 4 is 28.3 Å². The van der Waals surface area contributed by atoms with Crippen LogP contribution in [0.25, 0.3) is 0 Å². The molecule has 1 aromatic heterocycles. The van der Waals surface area contributed by atoms with Crippen LogP contribution in [-0.4, -0.2) is 36.4 Å². The van der Waals surface area contributed by atoms with Crippen LogP contribution >= 0.6 is 11.3 Å². The quantitative estimate of drug-likeness (QED) is 0.797. The maximum Gasteiger partial charge on any atom is 0.338 e. The number of anilines is 1. The summed E-state index contributed by atoms with van der Waals surface area (Å²) < 4.78 is 5.33. The molecule has 2 amide bonds. The van der Waals surface area contributed by atoms with Gasteiger partial charge in [0, 0.05) is 12.0 Å². The van der Waals surface area contributed by atoms with E-state index in [2.05, 4.69) is 10.6 Å². The number of amides is 2. The van der Waals surface area contributed by atoms with Crippen molar-refractivity contribution in [1.29, 1.82) is 0 Å². The molecule has 0 aliphatic heterocycles. The molecule has 1 aliphatic rings. The number of aromatic carboxylic acids is 1. The van der Waals surface area contributed by atoms with Crippen LogP contribution in [0.15, 0.2) is 0 Å². The van der Waals surface area contributed by atoms with E-state index in [0.29, 0.717) is 10.6 Å². The van der Waals surface area contributed by atoms with Gasteiger partial charge in [0.25, 0.3) is 0 Å². The van der Waals surface area contributed by atoms with Gasteiger partial charge in [-0.05, 0) is 38.7 Å². The number of rotatable bonds is 4. The largest absolute Gasteiger partial charge is 0.478 e. The highest BCUT2D eigenvalue weighted by atomic mass is 32.1. The van der Waals surface area contributed by atoms with Crippen LogP contribution in [0, 0.1) is 13.8 Å². The Morgan fingerprint density at radius 3 is 2.67 bits per heavy atom. The van der Waals surface area contributed by atoms with E-state index in [1.165, 1.54) is 11.3 Å². The molecule has 1 heterocycles. The predicted octanol–water partition coefficient (Wildman–Crippen LogP) is 2.75. The first kappa shape index (κ1) is 15.8. The number of carbonyl (C=O) groups is 2. The van der Waals surface area contributed by atoms with Gasteiger partial charge in [0.2, 0.25) is 0 Å². The Balaban J connectivity index is 2.06. The minimum absolute atomic E-state index is 0.0227. The number of methoxy groups -OCH3 is 1. The summed E-state index contributed by atoms with van der Waals surface area (Å²) in [6.45, 7) is 3.59. The second-order valence-electron chi connectivity index (χ2n) is 5.20. The Bertz CT molecular complexity index is 555. The molecule has 116 valence electrons. The van der Waals surface area contributed by atoms with E-state index < -0.39 is 5.97 Å². The van der Waals surface area contributed by atoms with Crippen LogP contribution in [0.1, 0.15) is 40.1 Å². The van der Waals surface area contributed by atoms with Crippen molar-refractivity contribution < 1.29 is 19.4 Å². The Morgan fingerprint density at radius 1 is 1.33 bits per heavy atom. The van der Waals surface area contributed by atoms with Crippen LogP contribution in [-0.2, 0) is 4.74 Å². The van der Waals surface area contributed by atoms with Gasteiger partial charge < -0.3 is 15.2 Å². The number of carbonyl (C=O) groups excluding carboxylic acids is 1. The van der Waals surface area contributed by atoms with Gasteiger partial charge in [0.15, 0.2) is 0 Å². The molecule has 1 aromatic rings. The average Bonchev–Trinajstić information content (AvgIpc) is 2.95. The molecule has 0 spiro atoms. The maximum atomic E-state index is 12.1. The second kappa shape index (κ2) is 6.44. The molecule has 0 bridgehead atoms. The lowest BCUT2D eigenvalue weighted by Crippen LogP contribution is -2.42. The van der Waals surface area contributed by atoms with E-state index in [-0.39, 0.29) is 23.7 Å². The third kappa shape index (κ3) is 3.36. The number of nitrogens with one attached hydrogen (secondary N) is 2. The van der Waals surface area contributed by atoms with Crippen molar-refractivity contribution in [1.82, 2.24) is 5.32 Å². The fraction of sp³-hybridized carbons (Fsp3) is 0.571. The first-order chi connectivity index (χ1) is 9.93. The zero-order valence-electron chi connectivity index (χ0n) is 12.4. The minimum Gasteiger partial charge on any atom is -0.478 e. The third-order valence-corrected chi connectivity index (χ3v) is 5.02. The zero-order valence-corrected chi connectivity index (χ0v) is 13.2. The number of hydrogen-bond donors (Lipinski definition) is 3. The molecular formula is C14H20N2O4S. The fourth-order valence-electron chi connectivity index (χ4n) is 2.65. The highest BCUT2D eigenvalue weighted by Crippen LogP contribution is 2.32. The first-order valence-electron chi connectivity index (χ1n) is 6.87. The number of thiophene rings is 1. The number of carboxylic acids is 1. The number of aryl methyl sites for hydroxylation is 1. The van der Waals surface area contributed by atoms with E-state index in [9.17, 15) is 14.7 Å². The summed E-state index contributed by atoms with van der Waals surface area (Å²) in [7, 11) is 1.64. The lowest BCUT2D eigenvalue weighted by Gasteiger charge is -2.19. The van der Waals surface area contributed by atoms with Crippen molar-refractivity contribution in [2.45, 2.75) is 45.3 Å².